The third-order valence-corrected chi connectivity index (χ3v) is 6.38. The number of sulfonamides is 1. The Morgan fingerprint density at radius 2 is 1.87 bits per heavy atom. The van der Waals surface area contributed by atoms with Crippen LogP contribution in [0.2, 0.25) is 0 Å². The number of esters is 1. The molecule has 0 radical (unpaired) electrons. The van der Waals surface area contributed by atoms with Crippen molar-refractivity contribution < 1.29 is 27.5 Å². The number of hydrogen-bond donors (Lipinski definition) is 1. The second-order valence-electron chi connectivity index (χ2n) is 7.19. The number of hydrogen-bond acceptors (Lipinski definition) is 7. The van der Waals surface area contributed by atoms with E-state index in [-0.39, 0.29) is 17.3 Å². The smallest absolute Gasteiger partial charge is 0.344 e. The summed E-state index contributed by atoms with van der Waals surface area (Å²) in [4.78, 5) is 25.7. The standard InChI is InChI=1S/C22H26N2O6S/c1-3-29-21(26)15-30-19-10-9-18-14-24(12-11-17(18)13-19)22(16(2)25)23-31(27,28)20-7-5-4-6-8-20/h4-10,13,22-23H,3,11-12,14-15H2,1-2H3. The lowest BCUT2D eigenvalue weighted by Crippen LogP contribution is -2.53. The Bertz CT molecular complexity index is 1040. The van der Waals surface area contributed by atoms with Gasteiger partial charge >= 0.3 is 5.97 Å². The van der Waals surface area contributed by atoms with Crippen LogP contribution < -0.4 is 9.46 Å². The van der Waals surface area contributed by atoms with Crippen LogP contribution in [-0.4, -0.2) is 51.0 Å². The fourth-order valence-corrected chi connectivity index (χ4v) is 4.70. The number of nitrogens with zero attached hydrogens (tertiary/aromatic N) is 1. The highest BCUT2D eigenvalue weighted by Gasteiger charge is 2.31. The van der Waals surface area contributed by atoms with E-state index in [9.17, 15) is 18.0 Å². The minimum absolute atomic E-state index is 0.113. The van der Waals surface area contributed by atoms with Crippen molar-refractivity contribution in [3.63, 3.8) is 0 Å². The number of ketones is 1. The Hall–Kier alpha value is -2.75. The number of nitrogens with one attached hydrogen (secondary N) is 1. The first-order valence-electron chi connectivity index (χ1n) is 10.0. The van der Waals surface area contributed by atoms with Crippen LogP contribution in [-0.2, 0) is 37.3 Å². The predicted octanol–water partition coefficient (Wildman–Crippen LogP) is 1.88. The number of rotatable bonds is 9. The topological polar surface area (TPSA) is 102 Å². The molecule has 1 N–H and O–H groups in total. The van der Waals surface area contributed by atoms with E-state index in [1.165, 1.54) is 19.1 Å². The number of Topliss-reactive ketones (excluding diaryl/α,β-unsaturated/α-hetero) is 1. The van der Waals surface area contributed by atoms with Crippen molar-refractivity contribution in [2.75, 3.05) is 19.8 Å². The molecule has 0 saturated carbocycles. The summed E-state index contributed by atoms with van der Waals surface area (Å²) in [6.45, 7) is 4.15. The lowest BCUT2D eigenvalue weighted by molar-refractivity contribution is -0.145. The lowest BCUT2D eigenvalue weighted by Gasteiger charge is -2.34. The molecule has 9 heteroatoms. The van der Waals surface area contributed by atoms with Crippen LogP contribution in [0.15, 0.2) is 53.4 Å². The molecule has 0 spiro atoms. The third-order valence-electron chi connectivity index (χ3n) is 4.95. The number of ether oxygens (including phenoxy) is 2. The molecule has 1 unspecified atom stereocenters. The highest BCUT2D eigenvalue weighted by molar-refractivity contribution is 7.89. The third kappa shape index (κ3) is 5.90. The van der Waals surface area contributed by atoms with Gasteiger partial charge in [0.1, 0.15) is 11.9 Å². The van der Waals surface area contributed by atoms with E-state index in [4.69, 9.17) is 9.47 Å². The Balaban J connectivity index is 1.70. The van der Waals surface area contributed by atoms with Gasteiger partial charge in [0.15, 0.2) is 12.4 Å². The quantitative estimate of drug-likeness (QED) is 0.587. The summed E-state index contributed by atoms with van der Waals surface area (Å²) < 4.78 is 38.3. The molecule has 3 rings (SSSR count). The first kappa shape index (κ1) is 22.9. The van der Waals surface area contributed by atoms with Crippen molar-refractivity contribution in [1.82, 2.24) is 9.62 Å². The molecule has 1 aliphatic rings. The Morgan fingerprint density at radius 3 is 2.55 bits per heavy atom. The van der Waals surface area contributed by atoms with Crippen molar-refractivity contribution in [3.05, 3.63) is 59.7 Å². The molecule has 0 aromatic heterocycles. The fourth-order valence-electron chi connectivity index (χ4n) is 3.44. The minimum atomic E-state index is -3.83. The van der Waals surface area contributed by atoms with E-state index < -0.39 is 22.2 Å². The first-order chi connectivity index (χ1) is 14.8. The fraction of sp³-hybridized carbons (Fsp3) is 0.364. The van der Waals surface area contributed by atoms with Gasteiger partial charge in [0.05, 0.1) is 11.5 Å². The van der Waals surface area contributed by atoms with Crippen LogP contribution in [0.25, 0.3) is 0 Å². The maximum atomic E-state index is 12.7. The molecule has 1 atom stereocenters. The zero-order chi connectivity index (χ0) is 22.4. The molecule has 0 amide bonds. The summed E-state index contributed by atoms with van der Waals surface area (Å²) in [7, 11) is -3.83. The van der Waals surface area contributed by atoms with Crippen LogP contribution >= 0.6 is 0 Å². The summed E-state index contributed by atoms with van der Waals surface area (Å²) >= 11 is 0. The molecule has 1 heterocycles. The van der Waals surface area contributed by atoms with Gasteiger partial charge in [0.25, 0.3) is 0 Å². The van der Waals surface area contributed by atoms with Gasteiger partial charge in [-0.2, -0.15) is 4.72 Å². The van der Waals surface area contributed by atoms with E-state index in [0.717, 1.165) is 11.1 Å². The van der Waals surface area contributed by atoms with Crippen LogP contribution in [0.1, 0.15) is 25.0 Å². The monoisotopic (exact) mass is 446 g/mol. The maximum Gasteiger partial charge on any atom is 0.344 e. The van der Waals surface area contributed by atoms with Gasteiger partial charge in [-0.1, -0.05) is 24.3 Å². The molecule has 0 saturated heterocycles. The molecule has 31 heavy (non-hydrogen) atoms. The van der Waals surface area contributed by atoms with Gasteiger partial charge in [0.2, 0.25) is 10.0 Å². The van der Waals surface area contributed by atoms with E-state index in [1.54, 1.807) is 31.2 Å². The minimum Gasteiger partial charge on any atom is -0.482 e. The first-order valence-corrected chi connectivity index (χ1v) is 11.5. The molecular weight excluding hydrogens is 420 g/mol. The molecule has 0 fully saturated rings. The van der Waals surface area contributed by atoms with Crippen LogP contribution in [0, 0.1) is 0 Å². The van der Waals surface area contributed by atoms with Crippen LogP contribution in [0.5, 0.6) is 5.75 Å². The summed E-state index contributed by atoms with van der Waals surface area (Å²) in [5.41, 5.74) is 2.01. The van der Waals surface area contributed by atoms with Gasteiger partial charge in [-0.3, -0.25) is 9.69 Å². The van der Waals surface area contributed by atoms with Crippen molar-refractivity contribution in [1.29, 1.82) is 0 Å². The van der Waals surface area contributed by atoms with Crippen molar-refractivity contribution in [2.45, 2.75) is 37.9 Å². The van der Waals surface area contributed by atoms with E-state index in [1.807, 2.05) is 17.0 Å². The van der Waals surface area contributed by atoms with Crippen LogP contribution in [0.3, 0.4) is 0 Å². The summed E-state index contributed by atoms with van der Waals surface area (Å²) in [5.74, 6) is -0.146. The van der Waals surface area contributed by atoms with E-state index >= 15 is 0 Å². The summed E-state index contributed by atoms with van der Waals surface area (Å²) in [5, 5.41) is 0. The van der Waals surface area contributed by atoms with Gasteiger partial charge in [-0.05, 0) is 55.7 Å². The van der Waals surface area contributed by atoms with Gasteiger partial charge in [0, 0.05) is 13.1 Å². The summed E-state index contributed by atoms with van der Waals surface area (Å²) in [6.07, 6.45) is -0.346. The molecule has 0 bridgehead atoms. The second kappa shape index (κ2) is 10.0. The van der Waals surface area contributed by atoms with Crippen LogP contribution in [0.4, 0.5) is 0 Å². The maximum absolute atomic E-state index is 12.7. The van der Waals surface area contributed by atoms with Gasteiger partial charge in [-0.25, -0.2) is 13.2 Å². The van der Waals surface area contributed by atoms with E-state index in [2.05, 4.69) is 4.72 Å². The Labute approximate surface area is 182 Å². The number of fused-ring (bicyclic) bond motifs is 1. The molecule has 166 valence electrons. The number of carbonyl (C=O) groups is 2. The van der Waals surface area contributed by atoms with Gasteiger partial charge in [-0.15, -0.1) is 0 Å². The average Bonchev–Trinajstić information content (AvgIpc) is 2.76. The van der Waals surface area contributed by atoms with Gasteiger partial charge < -0.3 is 9.47 Å². The van der Waals surface area contributed by atoms with Crippen molar-refractivity contribution in [2.24, 2.45) is 0 Å². The Kier molecular flexibility index (Phi) is 7.42. The van der Waals surface area contributed by atoms with Crippen molar-refractivity contribution in [3.8, 4) is 5.75 Å². The molecule has 2 aromatic carbocycles. The number of carbonyl (C=O) groups excluding carboxylic acids is 2. The number of benzene rings is 2. The summed E-state index contributed by atoms with van der Waals surface area (Å²) in [6, 6.07) is 13.5. The molecular formula is C22H26N2O6S. The van der Waals surface area contributed by atoms with Crippen molar-refractivity contribution >= 4 is 21.8 Å². The largest absolute Gasteiger partial charge is 0.482 e. The van der Waals surface area contributed by atoms with E-state index in [0.29, 0.717) is 31.9 Å². The molecule has 1 aliphatic heterocycles. The second-order valence-corrected chi connectivity index (χ2v) is 8.91. The normalized spacial score (nSPS) is 15.0. The Morgan fingerprint density at radius 1 is 1.13 bits per heavy atom. The highest BCUT2D eigenvalue weighted by Crippen LogP contribution is 2.25. The highest BCUT2D eigenvalue weighted by atomic mass is 32.2. The SMILES string of the molecule is CCOC(=O)COc1ccc2c(c1)CCN(C(NS(=O)(=O)c1ccccc1)C(C)=O)C2. The lowest BCUT2D eigenvalue weighted by atomic mass is 9.99. The molecule has 2 aromatic rings. The predicted molar refractivity (Wildman–Crippen MR) is 114 cm³/mol. The zero-order valence-corrected chi connectivity index (χ0v) is 18.4. The zero-order valence-electron chi connectivity index (χ0n) is 17.5. The molecule has 8 nitrogen and oxygen atoms in total. The average molecular weight is 447 g/mol. The molecule has 0 aliphatic carbocycles.